The molecule has 0 bridgehead atoms. The molecule has 2 aromatic carbocycles. The quantitative estimate of drug-likeness (QED) is 0.716. The van der Waals surface area contributed by atoms with Gasteiger partial charge in [-0.15, -0.1) is 3.89 Å². The van der Waals surface area contributed by atoms with E-state index in [9.17, 15) is 17.6 Å². The maximum atomic E-state index is 13.6. The van der Waals surface area contributed by atoms with Crippen molar-refractivity contribution in [3.63, 3.8) is 0 Å². The van der Waals surface area contributed by atoms with Crippen molar-refractivity contribution < 1.29 is 21.5 Å². The second-order valence-corrected chi connectivity index (χ2v) is 9.63. The Labute approximate surface area is 169 Å². The molecule has 0 amide bonds. The average Bonchev–Trinajstić information content (AvgIpc) is 3.05. The first kappa shape index (κ1) is 19.7. The van der Waals surface area contributed by atoms with Crippen molar-refractivity contribution in [2.24, 2.45) is 10.9 Å². The zero-order valence-electron chi connectivity index (χ0n) is 16.3. The van der Waals surface area contributed by atoms with Crippen molar-refractivity contribution in [3.8, 4) is 0 Å². The Kier molecular flexibility index (Phi) is 4.75. The van der Waals surface area contributed by atoms with Crippen molar-refractivity contribution in [1.29, 1.82) is 0 Å². The number of quaternary nitrogens is 1. The summed E-state index contributed by atoms with van der Waals surface area (Å²) in [6, 6.07) is 15.1. The van der Waals surface area contributed by atoms with Crippen LogP contribution in [0.15, 0.2) is 59.6 Å². The van der Waals surface area contributed by atoms with E-state index in [1.165, 1.54) is 25.3 Å². The zero-order chi connectivity index (χ0) is 20.8. The van der Waals surface area contributed by atoms with E-state index in [0.717, 1.165) is 5.56 Å². The lowest BCUT2D eigenvalue weighted by Crippen LogP contribution is -2.59. The lowest BCUT2D eigenvalue weighted by atomic mass is 9.92. The van der Waals surface area contributed by atoms with E-state index in [-0.39, 0.29) is 5.78 Å². The molecule has 0 N–H and O–H groups in total. The number of hydrogen-bond acceptors (Lipinski definition) is 4. The van der Waals surface area contributed by atoms with Gasteiger partial charge in [0.05, 0.1) is 6.26 Å². The molecule has 29 heavy (non-hydrogen) atoms. The van der Waals surface area contributed by atoms with Crippen LogP contribution in [0.5, 0.6) is 0 Å². The van der Waals surface area contributed by atoms with E-state index < -0.39 is 25.6 Å². The Morgan fingerprint density at radius 2 is 1.72 bits per heavy atom. The predicted octanol–water partition coefficient (Wildman–Crippen LogP) is 3.84. The van der Waals surface area contributed by atoms with Gasteiger partial charge in [-0.2, -0.15) is 13.4 Å². The van der Waals surface area contributed by atoms with E-state index in [4.69, 9.17) is 4.99 Å². The predicted molar refractivity (Wildman–Crippen MR) is 110 cm³/mol. The standard InChI is InChI=1S/C22H22FN2O3S/c1-15(26)19-9-6-14-25(29(2,27)28)21(17-10-12-18(23)13-11-17)20(24-22(19)25)16-7-4-3-5-8-16/h3-5,7-8,10-13,19H,6,9,14H2,1-2H3/q+1. The van der Waals surface area contributed by atoms with Crippen LogP contribution in [-0.4, -0.2) is 36.7 Å². The summed E-state index contributed by atoms with van der Waals surface area (Å²) in [5.74, 6) is -0.706. The topological polar surface area (TPSA) is 63.6 Å². The lowest BCUT2D eigenvalue weighted by molar-refractivity contribution is -0.632. The van der Waals surface area contributed by atoms with Crippen molar-refractivity contribution in [3.05, 3.63) is 71.5 Å². The van der Waals surface area contributed by atoms with Gasteiger partial charge in [0, 0.05) is 11.1 Å². The maximum absolute atomic E-state index is 13.6. The minimum atomic E-state index is -3.74. The highest BCUT2D eigenvalue weighted by Crippen LogP contribution is 2.48. The largest absolute Gasteiger partial charge is 0.304 e. The van der Waals surface area contributed by atoms with Crippen LogP contribution in [0.4, 0.5) is 4.39 Å². The molecule has 2 aliphatic heterocycles. The van der Waals surface area contributed by atoms with Crippen LogP contribution in [0.25, 0.3) is 11.4 Å². The minimum Gasteiger partial charge on any atom is -0.299 e. The number of hydrogen-bond donors (Lipinski definition) is 0. The fraction of sp³-hybridized carbons (Fsp3) is 0.273. The number of sulfonamides is 1. The summed E-state index contributed by atoms with van der Waals surface area (Å²) in [6.07, 6.45) is 2.33. The van der Waals surface area contributed by atoms with Crippen molar-refractivity contribution in [2.75, 3.05) is 12.8 Å². The van der Waals surface area contributed by atoms with Gasteiger partial charge in [0.15, 0.2) is 5.70 Å². The van der Waals surface area contributed by atoms with Gasteiger partial charge in [-0.05, 0) is 44.0 Å². The van der Waals surface area contributed by atoms with Crippen molar-refractivity contribution in [1.82, 2.24) is 0 Å². The molecule has 2 atom stereocenters. The Balaban J connectivity index is 2.08. The molecule has 0 aliphatic carbocycles. The number of piperidine rings is 1. The number of amidine groups is 1. The number of aliphatic imine (C=N–C) groups is 1. The summed E-state index contributed by atoms with van der Waals surface area (Å²) in [7, 11) is -3.74. The number of fused-ring (bicyclic) bond motifs is 1. The normalized spacial score (nSPS) is 24.2. The Morgan fingerprint density at radius 1 is 1.07 bits per heavy atom. The van der Waals surface area contributed by atoms with E-state index in [2.05, 4.69) is 0 Å². The van der Waals surface area contributed by atoms with E-state index in [0.29, 0.717) is 42.2 Å². The smallest absolute Gasteiger partial charge is 0.299 e. The molecule has 2 unspecified atom stereocenters. The third-order valence-electron chi connectivity index (χ3n) is 5.68. The summed E-state index contributed by atoms with van der Waals surface area (Å²) in [5.41, 5.74) is 2.35. The van der Waals surface area contributed by atoms with Crippen LogP contribution in [0.2, 0.25) is 0 Å². The second-order valence-electron chi connectivity index (χ2n) is 7.54. The molecule has 2 heterocycles. The average molecular weight is 413 g/mol. The molecule has 0 spiro atoms. The van der Waals surface area contributed by atoms with Crippen LogP contribution in [-0.2, 0) is 14.8 Å². The molecule has 0 radical (unpaired) electrons. The number of Topliss-reactive ketones (excluding diaryl/α,β-unsaturated/α-hetero) is 1. The van der Waals surface area contributed by atoms with Gasteiger partial charge in [0.1, 0.15) is 29.8 Å². The fourth-order valence-corrected chi connectivity index (χ4v) is 5.87. The van der Waals surface area contributed by atoms with E-state index in [1.54, 1.807) is 12.1 Å². The van der Waals surface area contributed by atoms with Gasteiger partial charge in [-0.1, -0.05) is 30.3 Å². The molecular weight excluding hydrogens is 391 g/mol. The summed E-state index contributed by atoms with van der Waals surface area (Å²) in [5, 5.41) is 0. The van der Waals surface area contributed by atoms with E-state index >= 15 is 0 Å². The van der Waals surface area contributed by atoms with Gasteiger partial charge in [0.25, 0.3) is 0 Å². The number of rotatable bonds is 4. The molecule has 2 aliphatic rings. The number of nitrogens with zero attached hydrogens (tertiary/aromatic N) is 2. The van der Waals surface area contributed by atoms with Gasteiger partial charge in [-0.25, -0.2) is 4.39 Å². The molecule has 1 saturated heterocycles. The van der Waals surface area contributed by atoms with Crippen molar-refractivity contribution >= 4 is 33.0 Å². The Bertz CT molecular complexity index is 1140. The van der Waals surface area contributed by atoms with Crippen LogP contribution in [0.1, 0.15) is 30.9 Å². The zero-order valence-corrected chi connectivity index (χ0v) is 17.1. The number of ketones is 1. The highest BCUT2D eigenvalue weighted by Gasteiger charge is 2.59. The minimum absolute atomic E-state index is 0.0950. The van der Waals surface area contributed by atoms with Crippen LogP contribution >= 0.6 is 0 Å². The second kappa shape index (κ2) is 7.00. The number of carbonyl (C=O) groups excluding carboxylic acids is 1. The van der Waals surface area contributed by atoms with Crippen molar-refractivity contribution in [2.45, 2.75) is 19.8 Å². The summed E-state index contributed by atoms with van der Waals surface area (Å²) < 4.78 is 39.6. The SMILES string of the molecule is CC(=O)C1CCC[N+]2(S(C)(=O)=O)C1=NC(c1ccccc1)=C2c1ccc(F)cc1. The number of halogens is 1. The van der Waals surface area contributed by atoms with E-state index in [1.807, 2.05) is 30.3 Å². The fourth-order valence-electron chi connectivity index (χ4n) is 4.37. The summed E-state index contributed by atoms with van der Waals surface area (Å²) in [6.45, 7) is 1.78. The molecule has 5 nitrogen and oxygen atoms in total. The molecular formula is C22H22FN2O3S+. The van der Waals surface area contributed by atoms with Gasteiger partial charge >= 0.3 is 10.0 Å². The molecule has 7 heteroatoms. The Morgan fingerprint density at radius 3 is 2.31 bits per heavy atom. The molecule has 150 valence electrons. The van der Waals surface area contributed by atoms with Crippen LogP contribution in [0.3, 0.4) is 0 Å². The summed E-state index contributed by atoms with van der Waals surface area (Å²) in [4.78, 5) is 17.2. The molecule has 1 fully saturated rings. The van der Waals surface area contributed by atoms with Crippen LogP contribution in [0, 0.1) is 11.7 Å². The molecule has 4 rings (SSSR count). The van der Waals surface area contributed by atoms with Gasteiger partial charge in [0.2, 0.25) is 5.84 Å². The van der Waals surface area contributed by atoms with Gasteiger partial charge in [-0.3, -0.25) is 4.79 Å². The maximum Gasteiger partial charge on any atom is 0.304 e. The van der Waals surface area contributed by atoms with Gasteiger partial charge < -0.3 is 0 Å². The first-order valence-corrected chi connectivity index (χ1v) is 11.3. The highest BCUT2D eigenvalue weighted by molar-refractivity contribution is 7.85. The first-order valence-electron chi connectivity index (χ1n) is 9.50. The number of benzene rings is 2. The lowest BCUT2D eigenvalue weighted by Gasteiger charge is -2.39. The Hall–Kier alpha value is -2.64. The molecule has 0 aromatic heterocycles. The summed E-state index contributed by atoms with van der Waals surface area (Å²) >= 11 is 0. The first-order chi connectivity index (χ1) is 13.8. The molecule has 0 saturated carbocycles. The van der Waals surface area contributed by atoms with Crippen LogP contribution < -0.4 is 0 Å². The molecule has 2 aromatic rings. The highest BCUT2D eigenvalue weighted by atomic mass is 32.2. The third-order valence-corrected chi connectivity index (χ3v) is 7.37. The third kappa shape index (κ3) is 3.05. The monoisotopic (exact) mass is 413 g/mol. The number of carbonyl (C=O) groups is 1.